The highest BCUT2D eigenvalue weighted by atomic mass is 16.5. The Labute approximate surface area is 149 Å². The first-order valence-corrected chi connectivity index (χ1v) is 8.85. The molecule has 2 rings (SSSR count). The number of nitrogens with one attached hydrogen (secondary N) is 1. The van der Waals surface area contributed by atoms with Gasteiger partial charge in [-0.05, 0) is 37.5 Å². The molecule has 6 heteroatoms. The van der Waals surface area contributed by atoms with Gasteiger partial charge in [-0.3, -0.25) is 9.59 Å². The molecular weight excluding hydrogens is 318 g/mol. The number of amides is 2. The Kier molecular flexibility index (Phi) is 6.56. The van der Waals surface area contributed by atoms with E-state index in [9.17, 15) is 9.59 Å². The van der Waals surface area contributed by atoms with Gasteiger partial charge in [0.25, 0.3) is 5.91 Å². The van der Waals surface area contributed by atoms with E-state index < -0.39 is 6.04 Å². The molecule has 3 N–H and O–H groups in total. The summed E-state index contributed by atoms with van der Waals surface area (Å²) in [5, 5.41) is 2.83. The number of nitrogens with zero attached hydrogens (tertiary/aromatic N) is 1. The Balaban J connectivity index is 1.93. The summed E-state index contributed by atoms with van der Waals surface area (Å²) in [5.41, 5.74) is 7.40. The van der Waals surface area contributed by atoms with Crippen LogP contribution in [-0.4, -0.2) is 48.1 Å². The molecule has 0 saturated carbocycles. The average molecular weight is 347 g/mol. The summed E-state index contributed by atoms with van der Waals surface area (Å²) in [5.74, 6) is -0.0517. The molecule has 1 heterocycles. The Hall–Kier alpha value is -1.92. The Bertz CT molecular complexity index is 590. The molecule has 0 radical (unpaired) electrons. The fourth-order valence-corrected chi connectivity index (χ4v) is 2.90. The first-order chi connectivity index (χ1) is 11.8. The van der Waals surface area contributed by atoms with Gasteiger partial charge in [0.05, 0.1) is 18.2 Å². The van der Waals surface area contributed by atoms with Gasteiger partial charge in [0.2, 0.25) is 5.91 Å². The Morgan fingerprint density at radius 2 is 1.76 bits per heavy atom. The van der Waals surface area contributed by atoms with Gasteiger partial charge in [0, 0.05) is 25.2 Å². The molecule has 0 aromatic heterocycles. The van der Waals surface area contributed by atoms with E-state index in [0.717, 1.165) is 5.56 Å². The van der Waals surface area contributed by atoms with E-state index in [1.54, 1.807) is 12.1 Å². The minimum atomic E-state index is -0.508. The summed E-state index contributed by atoms with van der Waals surface area (Å²) >= 11 is 0. The number of ether oxygens (including phenoxy) is 1. The molecule has 1 aromatic rings. The van der Waals surface area contributed by atoms with Crippen molar-refractivity contribution >= 4 is 11.8 Å². The molecular formula is C19H29N3O3. The normalized spacial score (nSPS) is 21.9. The number of carbonyl (C=O) groups excluding carboxylic acids is 2. The second-order valence-corrected chi connectivity index (χ2v) is 7.15. The lowest BCUT2D eigenvalue weighted by atomic mass is 10.0. The number of hydrogen-bond acceptors (Lipinski definition) is 4. The zero-order valence-electron chi connectivity index (χ0n) is 15.5. The zero-order valence-corrected chi connectivity index (χ0v) is 15.5. The van der Waals surface area contributed by atoms with Crippen molar-refractivity contribution in [2.24, 2.45) is 11.7 Å². The maximum Gasteiger partial charge on any atom is 0.254 e. The van der Waals surface area contributed by atoms with Gasteiger partial charge < -0.3 is 20.7 Å². The number of nitrogens with two attached hydrogens (primary N) is 1. The fourth-order valence-electron chi connectivity index (χ4n) is 2.90. The van der Waals surface area contributed by atoms with E-state index in [4.69, 9.17) is 10.5 Å². The van der Waals surface area contributed by atoms with Crippen LogP contribution in [0.2, 0.25) is 0 Å². The predicted octanol–water partition coefficient (Wildman–Crippen LogP) is 1.54. The van der Waals surface area contributed by atoms with Crippen LogP contribution in [-0.2, 0) is 16.1 Å². The van der Waals surface area contributed by atoms with Crippen molar-refractivity contribution in [3.8, 4) is 0 Å². The molecule has 6 nitrogen and oxygen atoms in total. The number of rotatable bonds is 5. The lowest BCUT2D eigenvalue weighted by Crippen LogP contribution is -2.48. The average Bonchev–Trinajstić information content (AvgIpc) is 2.57. The molecule has 0 spiro atoms. The van der Waals surface area contributed by atoms with Gasteiger partial charge >= 0.3 is 0 Å². The molecule has 1 fully saturated rings. The zero-order chi connectivity index (χ0) is 18.6. The molecule has 138 valence electrons. The smallest absolute Gasteiger partial charge is 0.254 e. The first kappa shape index (κ1) is 19.4. The highest BCUT2D eigenvalue weighted by Crippen LogP contribution is 2.15. The van der Waals surface area contributed by atoms with Crippen LogP contribution < -0.4 is 11.1 Å². The molecule has 0 aliphatic carbocycles. The lowest BCUT2D eigenvalue weighted by molar-refractivity contribution is -0.123. The van der Waals surface area contributed by atoms with Crippen molar-refractivity contribution in [3.05, 3.63) is 35.4 Å². The van der Waals surface area contributed by atoms with E-state index in [0.29, 0.717) is 25.2 Å². The third-order valence-corrected chi connectivity index (χ3v) is 4.40. The summed E-state index contributed by atoms with van der Waals surface area (Å²) in [6, 6.07) is 6.82. The van der Waals surface area contributed by atoms with E-state index in [1.807, 2.05) is 44.7 Å². The SMILES string of the molecule is CC1CN(C(=O)c2ccc(CNC(=O)[C@@H](N)C(C)C)cc2)CC(C)O1. The van der Waals surface area contributed by atoms with Crippen LogP contribution >= 0.6 is 0 Å². The number of morpholine rings is 1. The third-order valence-electron chi connectivity index (χ3n) is 4.40. The minimum Gasteiger partial charge on any atom is -0.372 e. The van der Waals surface area contributed by atoms with Gasteiger partial charge in [-0.2, -0.15) is 0 Å². The summed E-state index contributed by atoms with van der Waals surface area (Å²) in [4.78, 5) is 26.3. The van der Waals surface area contributed by atoms with Crippen LogP contribution in [0, 0.1) is 5.92 Å². The van der Waals surface area contributed by atoms with Crippen LogP contribution in [0.15, 0.2) is 24.3 Å². The second kappa shape index (κ2) is 8.45. The monoisotopic (exact) mass is 347 g/mol. The molecule has 1 saturated heterocycles. The maximum atomic E-state index is 12.6. The van der Waals surface area contributed by atoms with Gasteiger partial charge in [-0.1, -0.05) is 26.0 Å². The minimum absolute atomic E-state index is 0.0133. The van der Waals surface area contributed by atoms with Gasteiger partial charge in [-0.25, -0.2) is 0 Å². The Morgan fingerprint density at radius 1 is 1.20 bits per heavy atom. The third kappa shape index (κ3) is 5.28. The first-order valence-electron chi connectivity index (χ1n) is 8.85. The highest BCUT2D eigenvalue weighted by Gasteiger charge is 2.26. The topological polar surface area (TPSA) is 84.7 Å². The fraction of sp³-hybridized carbons (Fsp3) is 0.579. The van der Waals surface area contributed by atoms with Gasteiger partial charge in [-0.15, -0.1) is 0 Å². The van der Waals surface area contributed by atoms with Crippen LogP contribution in [0.1, 0.15) is 43.6 Å². The van der Waals surface area contributed by atoms with Crippen LogP contribution in [0.4, 0.5) is 0 Å². The van der Waals surface area contributed by atoms with Crippen molar-refractivity contribution in [3.63, 3.8) is 0 Å². The van der Waals surface area contributed by atoms with Gasteiger partial charge in [0.1, 0.15) is 0 Å². The van der Waals surface area contributed by atoms with Crippen molar-refractivity contribution in [2.75, 3.05) is 13.1 Å². The molecule has 2 amide bonds. The molecule has 1 aliphatic rings. The molecule has 1 aromatic carbocycles. The molecule has 1 aliphatic heterocycles. The largest absolute Gasteiger partial charge is 0.372 e. The van der Waals surface area contributed by atoms with Crippen molar-refractivity contribution in [2.45, 2.75) is 52.5 Å². The van der Waals surface area contributed by atoms with E-state index >= 15 is 0 Å². The standard InChI is InChI=1S/C19H29N3O3/c1-12(2)17(20)18(23)21-9-15-5-7-16(8-6-15)19(24)22-10-13(3)25-14(4)11-22/h5-8,12-14,17H,9-11,20H2,1-4H3,(H,21,23)/t13?,14?,17-/m0/s1. The van der Waals surface area contributed by atoms with Crippen LogP contribution in [0.25, 0.3) is 0 Å². The quantitative estimate of drug-likeness (QED) is 0.846. The predicted molar refractivity (Wildman–Crippen MR) is 97.0 cm³/mol. The molecule has 0 bridgehead atoms. The summed E-state index contributed by atoms with van der Waals surface area (Å²) in [7, 11) is 0. The highest BCUT2D eigenvalue weighted by molar-refractivity contribution is 5.94. The molecule has 25 heavy (non-hydrogen) atoms. The van der Waals surface area contributed by atoms with E-state index in [-0.39, 0.29) is 29.9 Å². The van der Waals surface area contributed by atoms with Crippen LogP contribution in [0.3, 0.4) is 0 Å². The Morgan fingerprint density at radius 3 is 2.28 bits per heavy atom. The van der Waals surface area contributed by atoms with Gasteiger partial charge in [0.15, 0.2) is 0 Å². The van der Waals surface area contributed by atoms with E-state index in [1.165, 1.54) is 0 Å². The second-order valence-electron chi connectivity index (χ2n) is 7.15. The molecule has 2 unspecified atom stereocenters. The number of benzene rings is 1. The lowest BCUT2D eigenvalue weighted by Gasteiger charge is -2.35. The van der Waals surface area contributed by atoms with Crippen molar-refractivity contribution in [1.29, 1.82) is 0 Å². The van der Waals surface area contributed by atoms with Crippen molar-refractivity contribution in [1.82, 2.24) is 10.2 Å². The number of carbonyl (C=O) groups is 2. The molecule has 3 atom stereocenters. The summed E-state index contributed by atoms with van der Waals surface area (Å²) < 4.78 is 5.67. The van der Waals surface area contributed by atoms with E-state index in [2.05, 4.69) is 5.32 Å². The summed E-state index contributed by atoms with van der Waals surface area (Å²) in [6.07, 6.45) is 0.0969. The van der Waals surface area contributed by atoms with Crippen molar-refractivity contribution < 1.29 is 14.3 Å². The number of hydrogen-bond donors (Lipinski definition) is 2. The summed E-state index contributed by atoms with van der Waals surface area (Å²) in [6.45, 7) is 9.39. The van der Waals surface area contributed by atoms with Crippen LogP contribution in [0.5, 0.6) is 0 Å². The maximum absolute atomic E-state index is 12.6.